The van der Waals surface area contributed by atoms with Crippen molar-refractivity contribution in [1.29, 1.82) is 0 Å². The average Bonchev–Trinajstić information content (AvgIpc) is 3.48. The highest BCUT2D eigenvalue weighted by Gasteiger charge is 2.25. The van der Waals surface area contributed by atoms with Crippen LogP contribution in [-0.4, -0.2) is 66.5 Å². The van der Waals surface area contributed by atoms with Crippen LogP contribution in [0, 0.1) is 0 Å². The minimum Gasteiger partial charge on any atom is -0.368 e. The van der Waals surface area contributed by atoms with Crippen molar-refractivity contribution in [2.45, 2.75) is 19.1 Å². The average molecular weight is 647 g/mol. The van der Waals surface area contributed by atoms with Gasteiger partial charge in [0.2, 0.25) is 26.0 Å². The number of aromatic amines is 1. The molecule has 0 fully saturated rings. The fraction of sp³-hybridized carbons (Fsp3) is 0.185. The summed E-state index contributed by atoms with van der Waals surface area (Å²) in [5.74, 6) is 0.465. The van der Waals surface area contributed by atoms with Crippen molar-refractivity contribution in [1.82, 2.24) is 18.9 Å². The lowest BCUT2D eigenvalue weighted by molar-refractivity contribution is 0.490. The Balaban J connectivity index is 0.000000782. The van der Waals surface area contributed by atoms with Gasteiger partial charge < -0.3 is 10.7 Å². The molecule has 13 nitrogen and oxygen atoms in total. The zero-order valence-electron chi connectivity index (χ0n) is 23.5. The molecule has 3 aromatic carbocycles. The van der Waals surface area contributed by atoms with Crippen LogP contribution in [-0.2, 0) is 30.2 Å². The van der Waals surface area contributed by atoms with Gasteiger partial charge in [-0.1, -0.05) is 36.4 Å². The summed E-state index contributed by atoms with van der Waals surface area (Å²) >= 11 is 0. The Labute approximate surface area is 249 Å². The van der Waals surface area contributed by atoms with E-state index in [9.17, 15) is 25.3 Å². The smallest absolute Gasteiger partial charge is 0.261 e. The molecule has 0 aliphatic heterocycles. The molecule has 0 amide bonds. The molecule has 0 unspecified atom stereocenters. The van der Waals surface area contributed by atoms with Crippen LogP contribution in [0.2, 0.25) is 0 Å². The van der Waals surface area contributed by atoms with Gasteiger partial charge in [-0.2, -0.15) is 8.42 Å². The van der Waals surface area contributed by atoms with Crippen molar-refractivity contribution in [2.24, 2.45) is 0 Å². The van der Waals surface area contributed by atoms with Crippen LogP contribution in [0.25, 0.3) is 44.9 Å². The number of imidazole rings is 2. The minimum absolute atomic E-state index is 0.0976. The van der Waals surface area contributed by atoms with Gasteiger partial charge in [-0.25, -0.2) is 30.8 Å². The molecule has 43 heavy (non-hydrogen) atoms. The summed E-state index contributed by atoms with van der Waals surface area (Å²) in [4.78, 5) is 12.5. The molecule has 0 saturated heterocycles. The molecule has 2 aromatic heterocycles. The molecule has 0 spiro atoms. The Bertz CT molecular complexity index is 2100. The van der Waals surface area contributed by atoms with Gasteiger partial charge in [-0.3, -0.25) is 9.27 Å². The normalized spacial score (nSPS) is 12.2. The van der Waals surface area contributed by atoms with E-state index in [2.05, 4.69) is 14.7 Å². The van der Waals surface area contributed by atoms with Crippen molar-refractivity contribution in [2.75, 3.05) is 23.0 Å². The number of nitrogens with one attached hydrogen (secondary N) is 2. The van der Waals surface area contributed by atoms with E-state index >= 15 is 0 Å². The van der Waals surface area contributed by atoms with E-state index in [0.717, 1.165) is 27.0 Å². The maximum absolute atomic E-state index is 13.0. The third-order valence-electron chi connectivity index (χ3n) is 5.99. The number of hydrogen-bond acceptors (Lipinski definition) is 9. The number of benzene rings is 3. The Kier molecular flexibility index (Phi) is 8.69. The highest BCUT2D eigenvalue weighted by Crippen LogP contribution is 2.35. The second-order valence-corrected chi connectivity index (χ2v) is 15.4. The Morgan fingerprint density at radius 3 is 1.98 bits per heavy atom. The van der Waals surface area contributed by atoms with Crippen LogP contribution >= 0.6 is 0 Å². The molecule has 5 N–H and O–H groups in total. The Hall–Kier alpha value is -4.25. The maximum Gasteiger partial charge on any atom is 0.261 e. The van der Waals surface area contributed by atoms with Gasteiger partial charge in [0.25, 0.3) is 10.1 Å². The first-order valence-electron chi connectivity index (χ1n) is 12.6. The molecule has 0 aliphatic rings. The molecule has 0 radical (unpaired) electrons. The van der Waals surface area contributed by atoms with E-state index in [4.69, 9.17) is 15.3 Å². The number of hydrogen-bond donors (Lipinski definition) is 4. The highest BCUT2D eigenvalue weighted by molar-refractivity contribution is 7.92. The van der Waals surface area contributed by atoms with Gasteiger partial charge in [0, 0.05) is 22.4 Å². The maximum atomic E-state index is 13.0. The molecular weight excluding hydrogens is 617 g/mol. The lowest BCUT2D eigenvalue weighted by atomic mass is 10.0. The zero-order valence-corrected chi connectivity index (χ0v) is 26.0. The van der Waals surface area contributed by atoms with E-state index in [1.165, 1.54) is 0 Å². The molecule has 5 aromatic rings. The summed E-state index contributed by atoms with van der Waals surface area (Å²) in [6.45, 7) is 3.18. The molecule has 0 aliphatic carbocycles. The van der Waals surface area contributed by atoms with Crippen LogP contribution < -0.4 is 10.5 Å². The van der Waals surface area contributed by atoms with Crippen LogP contribution in [0.5, 0.6) is 0 Å². The predicted octanol–water partition coefficient (Wildman–Crippen LogP) is 3.80. The lowest BCUT2D eigenvalue weighted by Gasteiger charge is -2.11. The van der Waals surface area contributed by atoms with E-state index in [1.807, 2.05) is 36.4 Å². The van der Waals surface area contributed by atoms with Gasteiger partial charge in [0.05, 0.1) is 40.2 Å². The molecule has 228 valence electrons. The number of anilines is 2. The van der Waals surface area contributed by atoms with E-state index in [1.54, 1.807) is 50.2 Å². The van der Waals surface area contributed by atoms with Gasteiger partial charge in [0.1, 0.15) is 5.82 Å². The van der Waals surface area contributed by atoms with Crippen molar-refractivity contribution in [3.8, 4) is 33.9 Å². The number of H-pyrrole nitrogens is 1. The number of nitrogens with zero attached hydrogens (tertiary/aromatic N) is 3. The first kappa shape index (κ1) is 31.7. The topological polar surface area (TPSA) is 207 Å². The van der Waals surface area contributed by atoms with Crippen molar-refractivity contribution in [3.63, 3.8) is 0 Å². The van der Waals surface area contributed by atoms with Gasteiger partial charge in [-0.05, 0) is 50.2 Å². The predicted molar refractivity (Wildman–Crippen MR) is 168 cm³/mol. The van der Waals surface area contributed by atoms with E-state index in [0.29, 0.717) is 40.1 Å². The fourth-order valence-corrected chi connectivity index (χ4v) is 5.85. The number of sulfonamides is 1. The number of rotatable bonds is 7. The molecule has 0 bridgehead atoms. The number of aromatic nitrogens is 4. The summed E-state index contributed by atoms with van der Waals surface area (Å²) < 4.78 is 78.6. The van der Waals surface area contributed by atoms with Gasteiger partial charge >= 0.3 is 0 Å². The highest BCUT2D eigenvalue weighted by atomic mass is 32.2. The monoisotopic (exact) mass is 646 g/mol. The summed E-state index contributed by atoms with van der Waals surface area (Å²) in [6.07, 6.45) is 1.81. The van der Waals surface area contributed by atoms with Gasteiger partial charge in [-0.15, -0.1) is 0 Å². The Morgan fingerprint density at radius 1 is 0.837 bits per heavy atom. The van der Waals surface area contributed by atoms with E-state index < -0.39 is 35.4 Å². The SMILES string of the molecule is CC(C)S(=O)(=O)n1c(N)nc2ccc(-c3nc(-c4ccc(NS(C)(=O)=O)cc4)[nH]c3-c3ccccc3)cc21.CS(=O)(=O)O. The molecule has 0 saturated carbocycles. The third kappa shape index (κ3) is 7.59. The standard InChI is InChI=1S/C26H26N6O4S2.CH4O3S/c1-16(2)38(35,36)32-22-15-19(11-14-21(22)28-26(32)27)24-23(17-7-5-4-6-8-17)29-25(30-24)18-9-12-20(13-10-18)31-37(3,33)34;1-5(2,3)4/h4-16,31H,1-3H3,(H2,27,28)(H,29,30);1H3,(H,2,3,4). The second-order valence-electron chi connectivity index (χ2n) is 9.89. The number of fused-ring (bicyclic) bond motifs is 1. The van der Waals surface area contributed by atoms with Crippen LogP contribution in [0.3, 0.4) is 0 Å². The van der Waals surface area contributed by atoms with Crippen molar-refractivity contribution < 1.29 is 29.8 Å². The quantitative estimate of drug-likeness (QED) is 0.188. The van der Waals surface area contributed by atoms with Crippen molar-refractivity contribution in [3.05, 3.63) is 72.8 Å². The largest absolute Gasteiger partial charge is 0.368 e. The molecule has 0 atom stereocenters. The van der Waals surface area contributed by atoms with Crippen molar-refractivity contribution >= 4 is 52.8 Å². The van der Waals surface area contributed by atoms with E-state index in [-0.39, 0.29) is 5.95 Å². The number of nitrogens with two attached hydrogens (primary N) is 1. The van der Waals surface area contributed by atoms with Crippen LogP contribution in [0.1, 0.15) is 13.8 Å². The molecular formula is C27H30N6O7S3. The molecule has 16 heteroatoms. The Morgan fingerprint density at radius 2 is 1.42 bits per heavy atom. The summed E-state index contributed by atoms with van der Waals surface area (Å²) in [7, 11) is -10.8. The fourth-order valence-electron chi connectivity index (χ4n) is 4.14. The first-order valence-corrected chi connectivity index (χ1v) is 17.9. The van der Waals surface area contributed by atoms with Crippen LogP contribution in [0.4, 0.5) is 11.6 Å². The second kappa shape index (κ2) is 11.8. The third-order valence-corrected chi connectivity index (χ3v) is 8.68. The minimum atomic E-state index is -3.75. The summed E-state index contributed by atoms with van der Waals surface area (Å²) in [5, 5.41) is -0.692. The summed E-state index contributed by atoms with van der Waals surface area (Å²) in [6, 6.07) is 21.8. The van der Waals surface area contributed by atoms with Crippen LogP contribution in [0.15, 0.2) is 72.8 Å². The summed E-state index contributed by atoms with van der Waals surface area (Å²) in [5.41, 5.74) is 10.9. The molecule has 5 rings (SSSR count). The number of nitrogen functional groups attached to an aromatic ring is 1. The molecule has 2 heterocycles. The first-order chi connectivity index (χ1) is 19.9. The lowest BCUT2D eigenvalue weighted by Crippen LogP contribution is -2.23. The van der Waals surface area contributed by atoms with Gasteiger partial charge in [0.15, 0.2) is 0 Å². The zero-order chi connectivity index (χ0) is 31.7.